The van der Waals surface area contributed by atoms with Gasteiger partial charge in [0, 0.05) is 20.2 Å². The molecule has 2 N–H and O–H groups in total. The Bertz CT molecular complexity index is 308. The summed E-state index contributed by atoms with van der Waals surface area (Å²) in [4.78, 5) is 16.5. The molecule has 1 atom stereocenters. The molecule has 2 saturated heterocycles. The first kappa shape index (κ1) is 15.7. The van der Waals surface area contributed by atoms with Gasteiger partial charge in [0.25, 0.3) is 0 Å². The Kier molecular flexibility index (Phi) is 5.81. The van der Waals surface area contributed by atoms with Crippen molar-refractivity contribution in [3.8, 4) is 0 Å². The van der Waals surface area contributed by atoms with Gasteiger partial charge >= 0.3 is 0 Å². The van der Waals surface area contributed by atoms with E-state index in [1.165, 1.54) is 25.9 Å². The van der Waals surface area contributed by atoms with Gasteiger partial charge in [-0.1, -0.05) is 0 Å². The van der Waals surface area contributed by atoms with E-state index in [2.05, 4.69) is 11.9 Å². The van der Waals surface area contributed by atoms with E-state index in [-0.39, 0.29) is 5.91 Å². The molecule has 2 aliphatic rings. The van der Waals surface area contributed by atoms with E-state index in [9.17, 15) is 4.79 Å². The fourth-order valence-electron chi connectivity index (χ4n) is 3.58. The highest BCUT2D eigenvalue weighted by Crippen LogP contribution is 2.32. The quantitative estimate of drug-likeness (QED) is 0.818. The molecular weight excluding hydrogens is 254 g/mol. The van der Waals surface area contributed by atoms with Crippen molar-refractivity contribution in [1.29, 1.82) is 0 Å². The Labute approximate surface area is 122 Å². The van der Waals surface area contributed by atoms with Gasteiger partial charge in [-0.2, -0.15) is 0 Å². The molecule has 0 aliphatic carbocycles. The highest BCUT2D eigenvalue weighted by atomic mass is 16.5. The van der Waals surface area contributed by atoms with Crippen LogP contribution in [0, 0.1) is 11.8 Å². The van der Waals surface area contributed by atoms with Gasteiger partial charge in [0.15, 0.2) is 0 Å². The van der Waals surface area contributed by atoms with Gasteiger partial charge in [0.05, 0.1) is 6.61 Å². The summed E-state index contributed by atoms with van der Waals surface area (Å²) >= 11 is 0. The lowest BCUT2D eigenvalue weighted by Crippen LogP contribution is -2.49. The van der Waals surface area contributed by atoms with E-state index < -0.39 is 6.04 Å². The van der Waals surface area contributed by atoms with Crippen LogP contribution in [0.1, 0.15) is 25.7 Å². The number of carbonyl (C=O) groups is 1. The molecule has 0 aromatic carbocycles. The summed E-state index contributed by atoms with van der Waals surface area (Å²) in [5.74, 6) is 1.70. The van der Waals surface area contributed by atoms with Crippen molar-refractivity contribution >= 4 is 5.91 Å². The van der Waals surface area contributed by atoms with Gasteiger partial charge in [-0.05, 0) is 57.7 Å². The average molecular weight is 283 g/mol. The smallest absolute Gasteiger partial charge is 0.241 e. The lowest BCUT2D eigenvalue weighted by molar-refractivity contribution is -0.135. The Balaban J connectivity index is 1.76. The van der Waals surface area contributed by atoms with Crippen LogP contribution >= 0.6 is 0 Å². The minimum atomic E-state index is -0.500. The maximum absolute atomic E-state index is 12.1. The average Bonchev–Trinajstić information content (AvgIpc) is 2.48. The number of rotatable bonds is 4. The van der Waals surface area contributed by atoms with E-state index >= 15 is 0 Å². The molecule has 0 radical (unpaired) electrons. The number of likely N-dealkylation sites (tertiary alicyclic amines) is 2. The van der Waals surface area contributed by atoms with Crippen molar-refractivity contribution < 1.29 is 9.53 Å². The number of carbonyl (C=O) groups excluding carboxylic acids is 1. The summed E-state index contributed by atoms with van der Waals surface area (Å²) in [5, 5.41) is 0. The molecule has 5 heteroatoms. The first-order chi connectivity index (χ1) is 9.61. The third-order valence-electron chi connectivity index (χ3n) is 4.94. The van der Waals surface area contributed by atoms with Gasteiger partial charge in [-0.15, -0.1) is 0 Å². The molecule has 2 heterocycles. The summed E-state index contributed by atoms with van der Waals surface area (Å²) in [6.45, 7) is 4.50. The zero-order valence-corrected chi connectivity index (χ0v) is 12.9. The number of hydrogen-bond donors (Lipinski definition) is 1. The first-order valence-corrected chi connectivity index (χ1v) is 7.83. The lowest BCUT2D eigenvalue weighted by atomic mass is 9.79. The Morgan fingerprint density at radius 1 is 1.15 bits per heavy atom. The minimum Gasteiger partial charge on any atom is -0.383 e. The van der Waals surface area contributed by atoms with Gasteiger partial charge in [-0.25, -0.2) is 0 Å². The summed E-state index contributed by atoms with van der Waals surface area (Å²) < 4.78 is 4.96. The number of amides is 1. The van der Waals surface area contributed by atoms with Crippen LogP contribution in [-0.4, -0.2) is 68.7 Å². The SMILES string of the molecule is COC[C@@H](N)C(=O)N1CCC(C2CCN(C)CC2)CC1. The number of piperidine rings is 2. The molecule has 2 fully saturated rings. The molecule has 5 nitrogen and oxygen atoms in total. The molecule has 1 amide bonds. The molecule has 2 rings (SSSR count). The summed E-state index contributed by atoms with van der Waals surface area (Å²) in [6.07, 6.45) is 4.91. The largest absolute Gasteiger partial charge is 0.383 e. The van der Waals surface area contributed by atoms with Crippen LogP contribution in [0.3, 0.4) is 0 Å². The third-order valence-corrected chi connectivity index (χ3v) is 4.94. The van der Waals surface area contributed by atoms with Crippen molar-refractivity contribution in [1.82, 2.24) is 9.80 Å². The number of ether oxygens (including phenoxy) is 1. The highest BCUT2D eigenvalue weighted by Gasteiger charge is 2.31. The Morgan fingerprint density at radius 2 is 1.65 bits per heavy atom. The lowest BCUT2D eigenvalue weighted by Gasteiger charge is -2.39. The van der Waals surface area contributed by atoms with E-state index in [0.717, 1.165) is 37.8 Å². The van der Waals surface area contributed by atoms with Crippen LogP contribution in [0.5, 0.6) is 0 Å². The molecule has 20 heavy (non-hydrogen) atoms. The van der Waals surface area contributed by atoms with Crippen molar-refractivity contribution in [3.05, 3.63) is 0 Å². The predicted molar refractivity (Wildman–Crippen MR) is 79.4 cm³/mol. The topological polar surface area (TPSA) is 58.8 Å². The van der Waals surface area contributed by atoms with Crippen molar-refractivity contribution in [2.75, 3.05) is 46.9 Å². The van der Waals surface area contributed by atoms with Crippen LogP contribution in [0.25, 0.3) is 0 Å². The van der Waals surface area contributed by atoms with Gasteiger partial charge in [0.1, 0.15) is 6.04 Å². The van der Waals surface area contributed by atoms with Crippen molar-refractivity contribution in [3.63, 3.8) is 0 Å². The fourth-order valence-corrected chi connectivity index (χ4v) is 3.58. The van der Waals surface area contributed by atoms with E-state index in [1.807, 2.05) is 4.90 Å². The second-order valence-electron chi connectivity index (χ2n) is 6.37. The first-order valence-electron chi connectivity index (χ1n) is 7.83. The zero-order chi connectivity index (χ0) is 14.5. The minimum absolute atomic E-state index is 0.0497. The number of nitrogens with zero attached hydrogens (tertiary/aromatic N) is 2. The Morgan fingerprint density at radius 3 is 2.15 bits per heavy atom. The summed E-state index contributed by atoms with van der Waals surface area (Å²) in [6, 6.07) is -0.500. The number of hydrogen-bond acceptors (Lipinski definition) is 4. The number of methoxy groups -OCH3 is 1. The van der Waals surface area contributed by atoms with Crippen LogP contribution in [0.4, 0.5) is 0 Å². The highest BCUT2D eigenvalue weighted by molar-refractivity contribution is 5.81. The molecule has 116 valence electrons. The maximum atomic E-state index is 12.1. The van der Waals surface area contributed by atoms with Gasteiger partial charge < -0.3 is 20.3 Å². The molecule has 0 unspecified atom stereocenters. The van der Waals surface area contributed by atoms with Crippen LogP contribution in [0.2, 0.25) is 0 Å². The van der Waals surface area contributed by atoms with Crippen LogP contribution < -0.4 is 5.73 Å². The zero-order valence-electron chi connectivity index (χ0n) is 12.9. The van der Waals surface area contributed by atoms with Gasteiger partial charge in [0.2, 0.25) is 5.91 Å². The molecule has 0 bridgehead atoms. The molecule has 0 aromatic heterocycles. The maximum Gasteiger partial charge on any atom is 0.241 e. The predicted octanol–water partition coefficient (Wildman–Crippen LogP) is 0.541. The number of nitrogens with two attached hydrogens (primary N) is 1. The van der Waals surface area contributed by atoms with Gasteiger partial charge in [-0.3, -0.25) is 4.79 Å². The van der Waals surface area contributed by atoms with E-state index in [4.69, 9.17) is 10.5 Å². The van der Waals surface area contributed by atoms with E-state index in [1.54, 1.807) is 7.11 Å². The molecule has 0 spiro atoms. The molecule has 0 aromatic rings. The standard InChI is InChI=1S/C15H29N3O2/c1-17-7-3-12(4-8-17)13-5-9-18(10-6-13)15(19)14(16)11-20-2/h12-14H,3-11,16H2,1-2H3/t14-/m1/s1. The third kappa shape index (κ3) is 3.93. The van der Waals surface area contributed by atoms with Crippen molar-refractivity contribution in [2.24, 2.45) is 17.6 Å². The molecule has 0 saturated carbocycles. The van der Waals surface area contributed by atoms with Crippen molar-refractivity contribution in [2.45, 2.75) is 31.7 Å². The second-order valence-corrected chi connectivity index (χ2v) is 6.37. The summed E-state index contributed by atoms with van der Waals surface area (Å²) in [7, 11) is 3.79. The van der Waals surface area contributed by atoms with Crippen LogP contribution in [0.15, 0.2) is 0 Å². The van der Waals surface area contributed by atoms with Crippen LogP contribution in [-0.2, 0) is 9.53 Å². The van der Waals surface area contributed by atoms with E-state index in [0.29, 0.717) is 6.61 Å². The monoisotopic (exact) mass is 283 g/mol. The molecule has 2 aliphatic heterocycles. The normalized spacial score (nSPS) is 24.9. The molecular formula is C15H29N3O2. The fraction of sp³-hybridized carbons (Fsp3) is 0.933. The second kappa shape index (κ2) is 7.38. The Hall–Kier alpha value is -0.650. The summed E-state index contributed by atoms with van der Waals surface area (Å²) in [5.41, 5.74) is 5.83.